The van der Waals surface area contributed by atoms with Crippen LogP contribution in [0.4, 0.5) is 11.6 Å². The van der Waals surface area contributed by atoms with Crippen LogP contribution in [0.1, 0.15) is 15.9 Å². The van der Waals surface area contributed by atoms with Crippen molar-refractivity contribution in [1.29, 1.82) is 0 Å². The molecule has 0 radical (unpaired) electrons. The third-order valence-corrected chi connectivity index (χ3v) is 7.51. The third-order valence-electron chi connectivity index (χ3n) is 4.89. The first-order valence-corrected chi connectivity index (χ1v) is 12.0. The van der Waals surface area contributed by atoms with Crippen LogP contribution in [0.2, 0.25) is 15.1 Å². The molecule has 1 aliphatic rings. The summed E-state index contributed by atoms with van der Waals surface area (Å²) in [5.74, 6) is -0.231. The number of nitrogens with one attached hydrogen (secondary N) is 1. The van der Waals surface area contributed by atoms with Crippen LogP contribution in [0.15, 0.2) is 59.5 Å². The number of halogens is 3. The maximum Gasteiger partial charge on any atom is 0.265 e. The number of hydrogen-bond acceptors (Lipinski definition) is 5. The normalized spacial score (nSPS) is 15.9. The van der Waals surface area contributed by atoms with Crippen LogP contribution < -0.4 is 15.4 Å². The van der Waals surface area contributed by atoms with Gasteiger partial charge in [-0.05, 0) is 48.4 Å². The summed E-state index contributed by atoms with van der Waals surface area (Å²) in [6, 6.07) is 13.5. The van der Waals surface area contributed by atoms with Gasteiger partial charge in [-0.2, -0.15) is 0 Å². The Bertz CT molecular complexity index is 1300. The van der Waals surface area contributed by atoms with Gasteiger partial charge in [-0.1, -0.05) is 53.0 Å². The first-order chi connectivity index (χ1) is 15.2. The molecule has 1 aromatic heterocycles. The number of fused-ring (bicyclic) bond motifs is 1. The Morgan fingerprint density at radius 1 is 1.06 bits per heavy atom. The number of nitrogens with two attached hydrogens (primary N) is 1. The van der Waals surface area contributed by atoms with Gasteiger partial charge in [-0.15, -0.1) is 0 Å². The fourth-order valence-corrected chi connectivity index (χ4v) is 5.81. The molecular formula is C21H17Cl3N4O3S. The monoisotopic (exact) mass is 510 g/mol. The van der Waals surface area contributed by atoms with E-state index in [1.54, 1.807) is 42.5 Å². The number of hydrogen-bond donors (Lipinski definition) is 2. The highest BCUT2D eigenvalue weighted by atomic mass is 35.5. The molecule has 7 nitrogen and oxygen atoms in total. The molecule has 1 atom stereocenters. The molecule has 2 aromatic carbocycles. The van der Waals surface area contributed by atoms with E-state index < -0.39 is 22.0 Å². The van der Waals surface area contributed by atoms with Gasteiger partial charge in [0.05, 0.1) is 27.0 Å². The number of rotatable bonds is 4. The molecule has 2 heterocycles. The highest BCUT2D eigenvalue weighted by molar-refractivity contribution is 7.92. The van der Waals surface area contributed by atoms with Crippen molar-refractivity contribution in [3.05, 3.63) is 80.8 Å². The Labute approximate surface area is 200 Å². The molecular weight excluding hydrogens is 495 g/mol. The van der Waals surface area contributed by atoms with Gasteiger partial charge < -0.3 is 11.1 Å². The van der Waals surface area contributed by atoms with Crippen molar-refractivity contribution in [2.75, 3.05) is 16.2 Å². The zero-order valence-electron chi connectivity index (χ0n) is 16.4. The summed E-state index contributed by atoms with van der Waals surface area (Å²) in [4.78, 5) is 17.2. The zero-order valence-corrected chi connectivity index (χ0v) is 19.5. The summed E-state index contributed by atoms with van der Waals surface area (Å²) in [7, 11) is -3.99. The summed E-state index contributed by atoms with van der Waals surface area (Å²) >= 11 is 18.2. The third kappa shape index (κ3) is 4.42. The number of amides is 1. The molecule has 1 amide bonds. The molecule has 0 aliphatic carbocycles. The van der Waals surface area contributed by atoms with Crippen LogP contribution >= 0.6 is 34.8 Å². The Hall–Kier alpha value is -2.36. The van der Waals surface area contributed by atoms with Gasteiger partial charge in [0.25, 0.3) is 15.9 Å². The smallest absolute Gasteiger partial charge is 0.265 e. The van der Waals surface area contributed by atoms with E-state index in [-0.39, 0.29) is 43.7 Å². The Balaban J connectivity index is 1.72. The van der Waals surface area contributed by atoms with Gasteiger partial charge >= 0.3 is 0 Å². The van der Waals surface area contributed by atoms with Crippen LogP contribution in [0, 0.1) is 0 Å². The molecule has 4 rings (SSSR count). The maximum atomic E-state index is 13.3. The number of anilines is 2. The number of nitrogens with zero attached hydrogens (tertiary/aromatic N) is 2. The standard InChI is InChI=1S/C21H17Cl3N4O3S/c22-13-3-1-4-15(10-13)32(30,31)28-11-14(25)9-12-7-8-18(26-20(12)28)27-21(29)19-16(23)5-2-6-17(19)24/h1-8,10,14H,9,11,25H2,(H,26,27,29)/t14-/m1/s1. The van der Waals surface area contributed by atoms with Gasteiger partial charge in [0.1, 0.15) is 11.6 Å². The molecule has 0 saturated heterocycles. The number of pyridine rings is 1. The van der Waals surface area contributed by atoms with E-state index in [1.807, 2.05) is 0 Å². The quantitative estimate of drug-likeness (QED) is 0.541. The number of carbonyl (C=O) groups excluding carboxylic acids is 1. The van der Waals surface area contributed by atoms with E-state index >= 15 is 0 Å². The first kappa shape index (κ1) is 22.8. The zero-order chi connectivity index (χ0) is 23.0. The van der Waals surface area contributed by atoms with E-state index in [9.17, 15) is 13.2 Å². The lowest BCUT2D eigenvalue weighted by atomic mass is 10.0. The molecule has 0 fully saturated rings. The second-order valence-electron chi connectivity index (χ2n) is 7.19. The second kappa shape index (κ2) is 8.88. The largest absolute Gasteiger partial charge is 0.326 e. The van der Waals surface area contributed by atoms with Crippen molar-refractivity contribution >= 4 is 62.4 Å². The van der Waals surface area contributed by atoms with Crippen LogP contribution in [0.25, 0.3) is 0 Å². The molecule has 0 saturated carbocycles. The summed E-state index contributed by atoms with van der Waals surface area (Å²) < 4.78 is 27.8. The van der Waals surface area contributed by atoms with E-state index in [4.69, 9.17) is 40.5 Å². The topological polar surface area (TPSA) is 105 Å². The fourth-order valence-electron chi connectivity index (χ4n) is 3.43. The lowest BCUT2D eigenvalue weighted by Crippen LogP contribution is -2.46. The van der Waals surface area contributed by atoms with Gasteiger partial charge in [0.15, 0.2) is 0 Å². The predicted octanol–water partition coefficient (Wildman–Crippen LogP) is 4.37. The van der Waals surface area contributed by atoms with Crippen molar-refractivity contribution in [1.82, 2.24) is 4.98 Å². The lowest BCUT2D eigenvalue weighted by molar-refractivity contribution is 0.102. The molecule has 166 valence electrons. The summed E-state index contributed by atoms with van der Waals surface area (Å²) in [6.07, 6.45) is 0.439. The van der Waals surface area contributed by atoms with Crippen molar-refractivity contribution in [2.24, 2.45) is 5.73 Å². The number of carbonyl (C=O) groups is 1. The number of aromatic nitrogens is 1. The molecule has 3 aromatic rings. The second-order valence-corrected chi connectivity index (χ2v) is 10.3. The summed E-state index contributed by atoms with van der Waals surface area (Å²) in [6.45, 7) is 0.0303. The average molecular weight is 512 g/mol. The van der Waals surface area contributed by atoms with Crippen LogP contribution in [-0.4, -0.2) is 31.9 Å². The Morgan fingerprint density at radius 2 is 1.75 bits per heavy atom. The van der Waals surface area contributed by atoms with Gasteiger partial charge in [-0.3, -0.25) is 4.79 Å². The van der Waals surface area contributed by atoms with Crippen LogP contribution in [0.3, 0.4) is 0 Å². The highest BCUT2D eigenvalue weighted by Crippen LogP contribution is 2.32. The summed E-state index contributed by atoms with van der Waals surface area (Å²) in [5.41, 5.74) is 6.85. The van der Waals surface area contributed by atoms with E-state index in [2.05, 4.69) is 10.3 Å². The van der Waals surface area contributed by atoms with E-state index in [1.165, 1.54) is 12.1 Å². The van der Waals surface area contributed by atoms with Crippen molar-refractivity contribution in [3.8, 4) is 0 Å². The Kier molecular flexibility index (Phi) is 6.33. The van der Waals surface area contributed by atoms with Crippen LogP contribution in [-0.2, 0) is 16.4 Å². The maximum absolute atomic E-state index is 13.3. The average Bonchev–Trinajstić information content (AvgIpc) is 2.73. The molecule has 11 heteroatoms. The predicted molar refractivity (Wildman–Crippen MR) is 126 cm³/mol. The van der Waals surface area contributed by atoms with E-state index in [0.717, 1.165) is 4.31 Å². The molecule has 1 aliphatic heterocycles. The number of sulfonamides is 1. The number of benzene rings is 2. The first-order valence-electron chi connectivity index (χ1n) is 9.46. The molecule has 3 N–H and O–H groups in total. The molecule has 32 heavy (non-hydrogen) atoms. The van der Waals surface area contributed by atoms with E-state index in [0.29, 0.717) is 12.0 Å². The Morgan fingerprint density at radius 3 is 2.44 bits per heavy atom. The summed E-state index contributed by atoms with van der Waals surface area (Å²) in [5, 5.41) is 3.29. The highest BCUT2D eigenvalue weighted by Gasteiger charge is 2.34. The molecule has 0 spiro atoms. The SMILES string of the molecule is N[C@@H]1Cc2ccc(NC(=O)c3c(Cl)cccc3Cl)nc2N(S(=O)(=O)c2cccc(Cl)c2)C1. The minimum Gasteiger partial charge on any atom is -0.326 e. The lowest BCUT2D eigenvalue weighted by Gasteiger charge is -2.33. The fraction of sp³-hybridized carbons (Fsp3) is 0.143. The van der Waals surface area contributed by atoms with Crippen molar-refractivity contribution in [3.63, 3.8) is 0 Å². The van der Waals surface area contributed by atoms with Gasteiger partial charge in [-0.25, -0.2) is 17.7 Å². The molecule has 0 bridgehead atoms. The van der Waals surface area contributed by atoms with Gasteiger partial charge in [0.2, 0.25) is 0 Å². The minimum absolute atomic E-state index is 0.0177. The van der Waals surface area contributed by atoms with Crippen molar-refractivity contribution < 1.29 is 13.2 Å². The minimum atomic E-state index is -3.99. The van der Waals surface area contributed by atoms with Crippen LogP contribution in [0.5, 0.6) is 0 Å². The van der Waals surface area contributed by atoms with Gasteiger partial charge in [0, 0.05) is 11.1 Å². The van der Waals surface area contributed by atoms with Crippen molar-refractivity contribution in [2.45, 2.75) is 17.4 Å². The molecule has 0 unspecified atom stereocenters.